The molecule has 9 nitrogen and oxygen atoms in total. The van der Waals surface area contributed by atoms with Crippen molar-refractivity contribution in [3.05, 3.63) is 77.5 Å². The van der Waals surface area contributed by atoms with Crippen molar-refractivity contribution >= 4 is 15.9 Å². The van der Waals surface area contributed by atoms with Gasteiger partial charge in [-0.15, -0.1) is 0 Å². The molecule has 4 rings (SSSR count). The molecule has 0 saturated carbocycles. The number of benzene rings is 1. The van der Waals surface area contributed by atoms with E-state index in [4.69, 9.17) is 13.9 Å². The molecule has 1 aliphatic rings. The molecule has 0 aliphatic carbocycles. The lowest BCUT2D eigenvalue weighted by Gasteiger charge is -2.25. The third-order valence-corrected chi connectivity index (χ3v) is 6.92. The second-order valence-electron chi connectivity index (χ2n) is 7.34. The van der Waals surface area contributed by atoms with Gasteiger partial charge in [0.2, 0.25) is 10.0 Å². The molecule has 2 aromatic heterocycles. The van der Waals surface area contributed by atoms with Crippen LogP contribution < -0.4 is 5.32 Å². The highest BCUT2D eigenvalue weighted by Gasteiger charge is 2.27. The molecule has 1 fully saturated rings. The van der Waals surface area contributed by atoms with Gasteiger partial charge in [-0.25, -0.2) is 8.42 Å². The van der Waals surface area contributed by atoms with Crippen molar-refractivity contribution in [1.29, 1.82) is 0 Å². The van der Waals surface area contributed by atoms with Gasteiger partial charge < -0.3 is 24.2 Å². The molecule has 10 heteroatoms. The minimum atomic E-state index is -3.65. The molecule has 1 amide bonds. The first kappa shape index (κ1) is 22.3. The Bertz CT molecular complexity index is 1130. The summed E-state index contributed by atoms with van der Waals surface area (Å²) in [5.74, 6) is 0.377. The summed E-state index contributed by atoms with van der Waals surface area (Å²) in [6, 6.07) is 12.7. The van der Waals surface area contributed by atoms with Crippen molar-refractivity contribution in [3.63, 3.8) is 0 Å². The number of sulfonamides is 1. The Morgan fingerprint density at radius 1 is 1.09 bits per heavy atom. The molecule has 0 bridgehead atoms. The molecule has 0 spiro atoms. The number of aromatic amines is 1. The molecule has 0 unspecified atom stereocenters. The smallest absolute Gasteiger partial charge is 0.268 e. The van der Waals surface area contributed by atoms with Gasteiger partial charge in [0.25, 0.3) is 5.91 Å². The average molecular weight is 460 g/mol. The number of furan rings is 1. The van der Waals surface area contributed by atoms with E-state index < -0.39 is 10.0 Å². The summed E-state index contributed by atoms with van der Waals surface area (Å²) in [6.07, 6.45) is 2.95. The number of nitrogens with one attached hydrogen (secondary N) is 2. The molecule has 3 heterocycles. The van der Waals surface area contributed by atoms with E-state index in [1.54, 1.807) is 6.26 Å². The number of nitrogens with zero attached hydrogens (tertiary/aromatic N) is 1. The Balaban J connectivity index is 1.31. The highest BCUT2D eigenvalue weighted by atomic mass is 32.2. The first-order chi connectivity index (χ1) is 15.5. The fourth-order valence-corrected chi connectivity index (χ4v) is 4.76. The highest BCUT2D eigenvalue weighted by molar-refractivity contribution is 7.89. The largest absolute Gasteiger partial charge is 0.467 e. The van der Waals surface area contributed by atoms with E-state index in [0.717, 1.165) is 16.9 Å². The maximum Gasteiger partial charge on any atom is 0.268 e. The summed E-state index contributed by atoms with van der Waals surface area (Å²) in [5, 5.41) is 2.81. The van der Waals surface area contributed by atoms with Gasteiger partial charge in [0, 0.05) is 25.8 Å². The number of hydrogen-bond donors (Lipinski definition) is 2. The quantitative estimate of drug-likeness (QED) is 0.508. The zero-order valence-electron chi connectivity index (χ0n) is 17.5. The minimum Gasteiger partial charge on any atom is -0.467 e. The van der Waals surface area contributed by atoms with Crippen LogP contribution >= 0.6 is 0 Å². The van der Waals surface area contributed by atoms with Gasteiger partial charge in [-0.1, -0.05) is 24.3 Å². The number of hydrogen-bond acceptors (Lipinski definition) is 6. The first-order valence-corrected chi connectivity index (χ1v) is 11.7. The third-order valence-electron chi connectivity index (χ3n) is 5.05. The molecule has 1 saturated heterocycles. The van der Waals surface area contributed by atoms with Crippen LogP contribution in [-0.4, -0.2) is 49.9 Å². The lowest BCUT2D eigenvalue weighted by molar-refractivity contribution is 0.0730. The monoisotopic (exact) mass is 459 g/mol. The van der Waals surface area contributed by atoms with E-state index in [2.05, 4.69) is 10.3 Å². The zero-order chi connectivity index (χ0) is 22.4. The van der Waals surface area contributed by atoms with Crippen LogP contribution in [0.25, 0.3) is 0 Å². The molecular formula is C22H25N3O6S. The van der Waals surface area contributed by atoms with Gasteiger partial charge in [-0.2, -0.15) is 4.31 Å². The Morgan fingerprint density at radius 2 is 1.91 bits per heavy atom. The predicted molar refractivity (Wildman–Crippen MR) is 115 cm³/mol. The summed E-state index contributed by atoms with van der Waals surface area (Å²) in [6.45, 7) is 2.44. The second kappa shape index (κ2) is 10.1. The maximum atomic E-state index is 12.7. The van der Waals surface area contributed by atoms with Crippen LogP contribution in [0.5, 0.6) is 0 Å². The second-order valence-corrected chi connectivity index (χ2v) is 9.28. The SMILES string of the molecule is O=C(NCc1cccc(COCc2ccco2)c1)c1cc(S(=O)(=O)N2CCOCC2)c[nH]1. The van der Waals surface area contributed by atoms with Crippen LogP contribution in [0.15, 0.2) is 64.2 Å². The zero-order valence-corrected chi connectivity index (χ0v) is 18.3. The van der Waals surface area contributed by atoms with Gasteiger partial charge in [-0.05, 0) is 29.3 Å². The Kier molecular flexibility index (Phi) is 7.05. The molecule has 1 aliphatic heterocycles. The topological polar surface area (TPSA) is 114 Å². The highest BCUT2D eigenvalue weighted by Crippen LogP contribution is 2.18. The molecule has 1 aromatic carbocycles. The molecule has 0 atom stereocenters. The van der Waals surface area contributed by atoms with Gasteiger partial charge in [0.15, 0.2) is 0 Å². The lowest BCUT2D eigenvalue weighted by atomic mass is 10.1. The molecule has 32 heavy (non-hydrogen) atoms. The van der Waals surface area contributed by atoms with Crippen LogP contribution in [0.3, 0.4) is 0 Å². The minimum absolute atomic E-state index is 0.0697. The van der Waals surface area contributed by atoms with Gasteiger partial charge >= 0.3 is 0 Å². The number of carbonyl (C=O) groups is 1. The van der Waals surface area contributed by atoms with Gasteiger partial charge in [-0.3, -0.25) is 4.79 Å². The fourth-order valence-electron chi connectivity index (χ4n) is 3.36. The standard InChI is InChI=1S/C22H25N3O6S/c26-22(21-12-20(14-23-21)32(27,28)25-6-9-29-10-7-25)24-13-17-3-1-4-18(11-17)15-30-16-19-5-2-8-31-19/h1-5,8,11-12,14,23H,6-7,9-10,13,15-16H2,(H,24,26). The first-order valence-electron chi connectivity index (χ1n) is 10.2. The summed E-state index contributed by atoms with van der Waals surface area (Å²) in [7, 11) is -3.65. The number of amides is 1. The number of H-pyrrole nitrogens is 1. The Hall–Kier alpha value is -2.92. The summed E-state index contributed by atoms with van der Waals surface area (Å²) in [5.41, 5.74) is 2.07. The molecule has 3 aromatic rings. The normalized spacial score (nSPS) is 15.0. The van der Waals surface area contributed by atoms with E-state index >= 15 is 0 Å². The van der Waals surface area contributed by atoms with Crippen molar-refractivity contribution < 1.29 is 27.1 Å². The van der Waals surface area contributed by atoms with Crippen LogP contribution in [0.2, 0.25) is 0 Å². The van der Waals surface area contributed by atoms with Gasteiger partial charge in [0.05, 0.1) is 26.1 Å². The van der Waals surface area contributed by atoms with Crippen molar-refractivity contribution in [3.8, 4) is 0 Å². The summed E-state index contributed by atoms with van der Waals surface area (Å²) >= 11 is 0. The van der Waals surface area contributed by atoms with E-state index in [1.165, 1.54) is 16.6 Å². The molecule has 0 radical (unpaired) electrons. The number of rotatable bonds is 9. The van der Waals surface area contributed by atoms with Gasteiger partial charge in [0.1, 0.15) is 23.0 Å². The van der Waals surface area contributed by atoms with E-state index in [1.807, 2.05) is 36.4 Å². The van der Waals surface area contributed by atoms with E-state index in [-0.39, 0.29) is 16.5 Å². The van der Waals surface area contributed by atoms with Crippen LogP contribution in [-0.2, 0) is 39.3 Å². The van der Waals surface area contributed by atoms with Crippen LogP contribution in [0, 0.1) is 0 Å². The van der Waals surface area contributed by atoms with E-state index in [9.17, 15) is 13.2 Å². The number of carbonyl (C=O) groups excluding carboxylic acids is 1. The summed E-state index contributed by atoms with van der Waals surface area (Å²) < 4.78 is 42.9. The van der Waals surface area contributed by atoms with Crippen molar-refractivity contribution in [2.45, 2.75) is 24.7 Å². The molecule has 170 valence electrons. The molecule has 2 N–H and O–H groups in total. The average Bonchev–Trinajstić information content (AvgIpc) is 3.51. The van der Waals surface area contributed by atoms with Crippen molar-refractivity contribution in [2.75, 3.05) is 26.3 Å². The van der Waals surface area contributed by atoms with E-state index in [0.29, 0.717) is 46.1 Å². The Morgan fingerprint density at radius 3 is 2.69 bits per heavy atom. The number of morpholine rings is 1. The van der Waals surface area contributed by atoms with Crippen molar-refractivity contribution in [2.24, 2.45) is 0 Å². The summed E-state index contributed by atoms with van der Waals surface area (Å²) in [4.78, 5) is 15.3. The lowest BCUT2D eigenvalue weighted by Crippen LogP contribution is -2.40. The molecular weight excluding hydrogens is 434 g/mol. The Labute approximate surface area is 186 Å². The third kappa shape index (κ3) is 5.46. The predicted octanol–water partition coefficient (Wildman–Crippen LogP) is 2.28. The van der Waals surface area contributed by atoms with Crippen LogP contribution in [0.4, 0.5) is 0 Å². The van der Waals surface area contributed by atoms with Crippen molar-refractivity contribution in [1.82, 2.24) is 14.6 Å². The van der Waals surface area contributed by atoms with Crippen LogP contribution in [0.1, 0.15) is 27.4 Å². The number of ether oxygens (including phenoxy) is 2. The maximum absolute atomic E-state index is 12.7. The number of aromatic nitrogens is 1. The fraction of sp³-hybridized carbons (Fsp3) is 0.318.